The van der Waals surface area contributed by atoms with Gasteiger partial charge in [0.25, 0.3) is 0 Å². The van der Waals surface area contributed by atoms with Crippen LogP contribution in [-0.2, 0) is 0 Å². The molecule has 209 valence electrons. The Balaban J connectivity index is 0.000000232. The summed E-state index contributed by atoms with van der Waals surface area (Å²) in [6, 6.07) is 20.9. The molecule has 0 spiro atoms. The third-order valence-corrected chi connectivity index (χ3v) is 7.15. The fourth-order valence-corrected chi connectivity index (χ4v) is 5.02. The fraction of sp³-hybridized carbons (Fsp3) is 0.0345. The molecule has 0 saturated heterocycles. The first-order valence-electron chi connectivity index (χ1n) is 11.3. The van der Waals surface area contributed by atoms with E-state index in [4.69, 9.17) is 0 Å². The monoisotopic (exact) mass is 595 g/mol. The Hall–Kier alpha value is -4.03. The molecular formula is C29H15BF10P. The van der Waals surface area contributed by atoms with Gasteiger partial charge in [-0.25, -0.2) is 43.9 Å². The number of allylic oxidation sites excluding steroid dienone is 1. The number of hydrogen-bond acceptors (Lipinski definition) is 0. The Morgan fingerprint density at radius 1 is 0.537 bits per heavy atom. The van der Waals surface area contributed by atoms with Crippen molar-refractivity contribution in [2.24, 2.45) is 0 Å². The molecule has 0 unspecified atom stereocenters. The van der Waals surface area contributed by atoms with Crippen LogP contribution in [-0.4, -0.2) is 7.28 Å². The molecular weight excluding hydrogens is 580 g/mol. The van der Waals surface area contributed by atoms with Crippen LogP contribution in [0.1, 0.15) is 6.92 Å². The molecule has 0 atom stereocenters. The van der Waals surface area contributed by atoms with Gasteiger partial charge in [0.2, 0.25) is 7.28 Å². The molecule has 0 aliphatic heterocycles. The zero-order chi connectivity index (χ0) is 30.4. The van der Waals surface area contributed by atoms with Gasteiger partial charge in [0.15, 0.2) is 58.2 Å². The Bertz CT molecular complexity index is 1480. The molecule has 4 rings (SSSR count). The van der Waals surface area contributed by atoms with E-state index in [9.17, 15) is 43.9 Å². The molecule has 0 aliphatic rings. The van der Waals surface area contributed by atoms with Gasteiger partial charge in [-0.2, -0.15) is 0 Å². The van der Waals surface area contributed by atoms with E-state index in [1.165, 1.54) is 10.6 Å². The summed E-state index contributed by atoms with van der Waals surface area (Å²) in [7, 11) is -0.974. The van der Waals surface area contributed by atoms with Crippen molar-refractivity contribution in [1.82, 2.24) is 0 Å². The summed E-state index contributed by atoms with van der Waals surface area (Å²) < 4.78 is 131. The third-order valence-electron chi connectivity index (χ3n) is 5.19. The lowest BCUT2D eigenvalue weighted by Crippen LogP contribution is -2.39. The van der Waals surface area contributed by atoms with E-state index in [-0.39, 0.29) is 7.28 Å². The Labute approximate surface area is 230 Å². The molecule has 4 aromatic rings. The molecule has 0 bridgehead atoms. The van der Waals surface area contributed by atoms with Gasteiger partial charge in [0, 0.05) is 7.92 Å². The van der Waals surface area contributed by atoms with Crippen molar-refractivity contribution in [2.45, 2.75) is 6.92 Å². The number of rotatable bonds is 4. The summed E-state index contributed by atoms with van der Waals surface area (Å²) in [6.45, 7) is 5.79. The van der Waals surface area contributed by atoms with Gasteiger partial charge in [-0.1, -0.05) is 78.8 Å². The van der Waals surface area contributed by atoms with Gasteiger partial charge in [0.1, 0.15) is 0 Å². The van der Waals surface area contributed by atoms with Crippen LogP contribution in [0.4, 0.5) is 43.9 Å². The summed E-state index contributed by atoms with van der Waals surface area (Å²) in [5, 5.41) is 2.57. The van der Waals surface area contributed by atoms with E-state index in [2.05, 4.69) is 66.7 Å². The van der Waals surface area contributed by atoms with Crippen LogP contribution in [0.5, 0.6) is 0 Å². The van der Waals surface area contributed by atoms with Crippen LogP contribution in [0.2, 0.25) is 0 Å². The van der Waals surface area contributed by atoms with Gasteiger partial charge in [-0.05, 0) is 34.0 Å². The normalized spacial score (nSPS) is 10.4. The lowest BCUT2D eigenvalue weighted by molar-refractivity contribution is 0.382. The van der Waals surface area contributed by atoms with Crippen LogP contribution in [0.3, 0.4) is 0 Å². The quantitative estimate of drug-likeness (QED) is 0.0642. The first-order chi connectivity index (χ1) is 19.4. The molecule has 0 heterocycles. The minimum atomic E-state index is -2.55. The molecule has 0 aromatic heterocycles. The number of halogens is 10. The third kappa shape index (κ3) is 7.01. The average molecular weight is 595 g/mol. The molecule has 0 N–H and O–H groups in total. The maximum absolute atomic E-state index is 13.4. The van der Waals surface area contributed by atoms with Crippen molar-refractivity contribution < 1.29 is 43.9 Å². The molecule has 0 amide bonds. The van der Waals surface area contributed by atoms with Gasteiger partial charge in [-0.15, -0.1) is 0 Å². The molecule has 0 nitrogen and oxygen atoms in total. The Morgan fingerprint density at radius 3 is 1.12 bits per heavy atom. The van der Waals surface area contributed by atoms with Crippen LogP contribution in [0, 0.1) is 69.8 Å². The molecule has 0 fully saturated rings. The van der Waals surface area contributed by atoms with Crippen molar-refractivity contribution in [3.63, 3.8) is 0 Å². The van der Waals surface area contributed by atoms with Crippen molar-refractivity contribution in [3.05, 3.63) is 131 Å². The first kappa shape index (κ1) is 31.5. The van der Waals surface area contributed by atoms with Crippen molar-refractivity contribution >= 4 is 36.7 Å². The van der Waals surface area contributed by atoms with Crippen molar-refractivity contribution in [2.75, 3.05) is 0 Å². The lowest BCUT2D eigenvalue weighted by Gasteiger charge is -2.11. The lowest BCUT2D eigenvalue weighted by atomic mass is 9.62. The second-order valence-electron chi connectivity index (χ2n) is 8.14. The SMILES string of the molecule is C=C(C)C#CP(c1ccccc1)c1ccccc1.Fc1c(F)c(F)c([B]c2c(F)c(F)c(F)c(F)c2F)c(F)c1F. The highest BCUT2D eigenvalue weighted by atomic mass is 31.1. The molecule has 4 aromatic carbocycles. The predicted octanol–water partition coefficient (Wildman–Crippen LogP) is 6.39. The molecule has 1 radical (unpaired) electrons. The van der Waals surface area contributed by atoms with Crippen LogP contribution in [0.25, 0.3) is 0 Å². The van der Waals surface area contributed by atoms with E-state index in [0.717, 1.165) is 5.57 Å². The van der Waals surface area contributed by atoms with Gasteiger partial charge in [-0.3, -0.25) is 0 Å². The topological polar surface area (TPSA) is 0 Å². The van der Waals surface area contributed by atoms with Crippen LogP contribution in [0.15, 0.2) is 72.8 Å². The van der Waals surface area contributed by atoms with Gasteiger partial charge < -0.3 is 0 Å². The molecule has 41 heavy (non-hydrogen) atoms. The van der Waals surface area contributed by atoms with Crippen LogP contribution >= 0.6 is 7.92 Å². The van der Waals surface area contributed by atoms with E-state index >= 15 is 0 Å². The second kappa shape index (κ2) is 13.6. The van der Waals surface area contributed by atoms with E-state index in [0.29, 0.717) is 0 Å². The zero-order valence-electron chi connectivity index (χ0n) is 20.8. The summed E-state index contributed by atoms with van der Waals surface area (Å²) in [5.41, 5.74) is 0.565. The number of benzene rings is 4. The molecule has 12 heteroatoms. The molecule has 0 saturated carbocycles. The second-order valence-corrected chi connectivity index (χ2v) is 10.1. The fourth-order valence-electron chi connectivity index (χ4n) is 3.23. The highest BCUT2D eigenvalue weighted by molar-refractivity contribution is 7.77. The number of hydrogen-bond donors (Lipinski definition) is 0. The maximum atomic E-state index is 13.4. The summed E-state index contributed by atoms with van der Waals surface area (Å²) in [5.74, 6) is -21.7. The minimum Gasteiger partial charge on any atom is -0.204 e. The Kier molecular flexibility index (Phi) is 10.4. The van der Waals surface area contributed by atoms with Crippen LogP contribution < -0.4 is 21.5 Å². The zero-order valence-corrected chi connectivity index (χ0v) is 21.7. The van der Waals surface area contributed by atoms with Gasteiger partial charge >= 0.3 is 0 Å². The van der Waals surface area contributed by atoms with E-state index in [1.54, 1.807) is 0 Å². The highest BCUT2D eigenvalue weighted by Crippen LogP contribution is 2.31. The minimum absolute atomic E-state index is 0.369. The van der Waals surface area contributed by atoms with Crippen molar-refractivity contribution in [3.8, 4) is 11.6 Å². The van der Waals surface area contributed by atoms with Crippen molar-refractivity contribution in [1.29, 1.82) is 0 Å². The largest absolute Gasteiger partial charge is 0.207 e. The highest BCUT2D eigenvalue weighted by Gasteiger charge is 2.31. The predicted molar refractivity (Wildman–Crippen MR) is 139 cm³/mol. The maximum Gasteiger partial charge on any atom is 0.207 e. The summed E-state index contributed by atoms with van der Waals surface area (Å²) in [4.78, 5) is 0. The Morgan fingerprint density at radius 2 is 0.829 bits per heavy atom. The van der Waals surface area contributed by atoms with E-state index in [1.807, 2.05) is 19.1 Å². The molecule has 0 aliphatic carbocycles. The first-order valence-corrected chi connectivity index (χ1v) is 12.7. The summed E-state index contributed by atoms with van der Waals surface area (Å²) in [6.07, 6.45) is 0. The average Bonchev–Trinajstić information content (AvgIpc) is 2.98. The van der Waals surface area contributed by atoms with E-state index < -0.39 is 77.0 Å². The smallest absolute Gasteiger partial charge is 0.204 e. The standard InChI is InChI=1S/C17H15P.C12BF10/c1-15(2)13-14-18(16-9-5-3-6-10-16)17-11-7-4-8-12-17;14-3-1(4(15)8(19)11(22)7(3)18)13-2-5(16)9(20)12(23)10(21)6(2)17/h3-12H,1H2,2H3;. The summed E-state index contributed by atoms with van der Waals surface area (Å²) >= 11 is 0. The van der Waals surface area contributed by atoms with Gasteiger partial charge in [0.05, 0.1) is 0 Å².